The Bertz CT molecular complexity index is 411. The van der Waals surface area contributed by atoms with Crippen LogP contribution in [0, 0.1) is 0 Å². The Kier molecular flexibility index (Phi) is 5.45. The highest BCUT2D eigenvalue weighted by atomic mass is 32.1. The average Bonchev–Trinajstić information content (AvgIpc) is 3.01. The minimum Gasteiger partial charge on any atom is -0.468 e. The summed E-state index contributed by atoms with van der Waals surface area (Å²) < 4.78 is 5.32. The van der Waals surface area contributed by atoms with Gasteiger partial charge in [-0.3, -0.25) is 4.90 Å². The van der Waals surface area contributed by atoms with Gasteiger partial charge in [-0.05, 0) is 54.5 Å². The van der Waals surface area contributed by atoms with E-state index in [1.54, 1.807) is 17.6 Å². The van der Waals surface area contributed by atoms with Gasteiger partial charge in [-0.25, -0.2) is 0 Å². The van der Waals surface area contributed by atoms with Crippen molar-refractivity contribution >= 4 is 11.3 Å². The van der Waals surface area contributed by atoms with E-state index in [4.69, 9.17) is 4.42 Å². The normalized spacial score (nSPS) is 11.2. The number of hydrogen-bond acceptors (Lipinski definition) is 4. The molecule has 0 unspecified atom stereocenters. The molecule has 0 saturated heterocycles. The summed E-state index contributed by atoms with van der Waals surface area (Å²) in [4.78, 5) is 2.26. The van der Waals surface area contributed by atoms with Crippen LogP contribution < -0.4 is 5.32 Å². The van der Waals surface area contributed by atoms with Gasteiger partial charge >= 0.3 is 0 Å². The van der Waals surface area contributed by atoms with Crippen LogP contribution in [0.15, 0.2) is 39.6 Å². The molecule has 18 heavy (non-hydrogen) atoms. The van der Waals surface area contributed by atoms with Gasteiger partial charge in [-0.15, -0.1) is 0 Å². The number of thiophene rings is 1. The third-order valence-electron chi connectivity index (χ3n) is 2.85. The zero-order valence-electron chi connectivity index (χ0n) is 10.8. The molecule has 0 aromatic carbocycles. The van der Waals surface area contributed by atoms with Crippen molar-refractivity contribution in [1.29, 1.82) is 0 Å². The molecule has 0 spiro atoms. The van der Waals surface area contributed by atoms with E-state index in [0.29, 0.717) is 0 Å². The fraction of sp³-hybridized carbons (Fsp3) is 0.429. The van der Waals surface area contributed by atoms with Crippen LogP contribution in [-0.4, -0.2) is 31.6 Å². The number of nitrogens with zero attached hydrogens (tertiary/aromatic N) is 1. The van der Waals surface area contributed by atoms with E-state index < -0.39 is 0 Å². The van der Waals surface area contributed by atoms with Crippen molar-refractivity contribution in [2.24, 2.45) is 0 Å². The van der Waals surface area contributed by atoms with Gasteiger partial charge in [0.05, 0.1) is 12.8 Å². The van der Waals surface area contributed by atoms with E-state index in [9.17, 15) is 0 Å². The van der Waals surface area contributed by atoms with Crippen LogP contribution in [0.3, 0.4) is 0 Å². The Labute approximate surface area is 112 Å². The molecule has 0 saturated carbocycles. The minimum absolute atomic E-state index is 0.874. The lowest BCUT2D eigenvalue weighted by Gasteiger charge is -2.15. The first kappa shape index (κ1) is 13.3. The molecular formula is C14H20N2OS. The molecule has 0 bridgehead atoms. The molecular weight excluding hydrogens is 244 g/mol. The molecule has 0 aliphatic carbocycles. The summed E-state index contributed by atoms with van der Waals surface area (Å²) in [5.41, 5.74) is 1.43. The number of likely N-dealkylation sites (N-methyl/N-ethyl adjacent to an activating group) is 1. The van der Waals surface area contributed by atoms with Crippen LogP contribution in [0.5, 0.6) is 0 Å². The van der Waals surface area contributed by atoms with Gasteiger partial charge in [0.25, 0.3) is 0 Å². The Balaban J connectivity index is 1.52. The first-order chi connectivity index (χ1) is 8.84. The summed E-state index contributed by atoms with van der Waals surface area (Å²) in [5, 5.41) is 7.81. The minimum atomic E-state index is 0.874. The van der Waals surface area contributed by atoms with E-state index in [-0.39, 0.29) is 0 Å². The monoisotopic (exact) mass is 264 g/mol. The Morgan fingerprint density at radius 3 is 3.00 bits per heavy atom. The van der Waals surface area contributed by atoms with Crippen molar-refractivity contribution in [3.8, 4) is 0 Å². The maximum absolute atomic E-state index is 5.32. The zero-order chi connectivity index (χ0) is 12.6. The fourth-order valence-electron chi connectivity index (χ4n) is 1.81. The van der Waals surface area contributed by atoms with Crippen LogP contribution >= 0.6 is 11.3 Å². The molecule has 2 heterocycles. The predicted octanol–water partition coefficient (Wildman–Crippen LogP) is 2.61. The molecule has 0 aliphatic rings. The lowest BCUT2D eigenvalue weighted by atomic mass is 10.2. The van der Waals surface area contributed by atoms with E-state index >= 15 is 0 Å². The molecule has 0 radical (unpaired) electrons. The van der Waals surface area contributed by atoms with Crippen LogP contribution in [-0.2, 0) is 13.0 Å². The quantitative estimate of drug-likeness (QED) is 0.743. The SMILES string of the molecule is CN(CCNCCc1ccsc1)Cc1ccco1. The predicted molar refractivity (Wildman–Crippen MR) is 75.9 cm³/mol. The van der Waals surface area contributed by atoms with Crippen LogP contribution in [0.4, 0.5) is 0 Å². The molecule has 0 aliphatic heterocycles. The molecule has 0 fully saturated rings. The number of hydrogen-bond donors (Lipinski definition) is 1. The van der Waals surface area contributed by atoms with E-state index in [1.165, 1.54) is 5.56 Å². The Morgan fingerprint density at radius 1 is 1.33 bits per heavy atom. The van der Waals surface area contributed by atoms with Gasteiger partial charge < -0.3 is 9.73 Å². The zero-order valence-corrected chi connectivity index (χ0v) is 11.6. The van der Waals surface area contributed by atoms with Crippen molar-refractivity contribution in [2.75, 3.05) is 26.7 Å². The fourth-order valence-corrected chi connectivity index (χ4v) is 2.51. The first-order valence-electron chi connectivity index (χ1n) is 6.27. The summed E-state index contributed by atoms with van der Waals surface area (Å²) in [6.45, 7) is 3.97. The number of nitrogens with one attached hydrogen (secondary N) is 1. The molecule has 4 heteroatoms. The van der Waals surface area contributed by atoms with Crippen LogP contribution in [0.1, 0.15) is 11.3 Å². The standard InChI is InChI=1S/C14H20N2OS/c1-16(11-14-3-2-9-17-14)8-7-15-6-4-13-5-10-18-12-13/h2-3,5,9-10,12,15H,4,6-8,11H2,1H3. The van der Waals surface area contributed by atoms with Gasteiger partial charge in [0.2, 0.25) is 0 Å². The van der Waals surface area contributed by atoms with Crippen molar-refractivity contribution < 1.29 is 4.42 Å². The molecule has 2 rings (SSSR count). The Morgan fingerprint density at radius 2 is 2.28 bits per heavy atom. The van der Waals surface area contributed by atoms with E-state index in [2.05, 4.69) is 34.1 Å². The van der Waals surface area contributed by atoms with Crippen molar-refractivity contribution in [2.45, 2.75) is 13.0 Å². The summed E-state index contributed by atoms with van der Waals surface area (Å²) in [7, 11) is 2.11. The van der Waals surface area contributed by atoms with Crippen LogP contribution in [0.25, 0.3) is 0 Å². The molecule has 2 aromatic heterocycles. The van der Waals surface area contributed by atoms with Gasteiger partial charge in [-0.2, -0.15) is 11.3 Å². The van der Waals surface area contributed by atoms with Crippen molar-refractivity contribution in [3.05, 3.63) is 46.5 Å². The summed E-state index contributed by atoms with van der Waals surface area (Å²) in [6, 6.07) is 6.14. The highest BCUT2D eigenvalue weighted by Crippen LogP contribution is 2.05. The largest absolute Gasteiger partial charge is 0.468 e. The second kappa shape index (κ2) is 7.36. The van der Waals surface area contributed by atoms with Gasteiger partial charge in [0.15, 0.2) is 0 Å². The second-order valence-corrected chi connectivity index (χ2v) is 5.23. The van der Waals surface area contributed by atoms with Crippen molar-refractivity contribution in [1.82, 2.24) is 10.2 Å². The molecule has 1 N–H and O–H groups in total. The van der Waals surface area contributed by atoms with E-state index in [0.717, 1.165) is 38.4 Å². The number of furan rings is 1. The maximum atomic E-state index is 5.32. The third kappa shape index (κ3) is 4.64. The van der Waals surface area contributed by atoms with Gasteiger partial charge in [0, 0.05) is 13.1 Å². The molecule has 0 amide bonds. The summed E-state index contributed by atoms with van der Waals surface area (Å²) >= 11 is 1.76. The highest BCUT2D eigenvalue weighted by Gasteiger charge is 2.01. The molecule has 98 valence electrons. The second-order valence-electron chi connectivity index (χ2n) is 4.45. The Hall–Kier alpha value is -1.10. The molecule has 3 nitrogen and oxygen atoms in total. The lowest BCUT2D eigenvalue weighted by Crippen LogP contribution is -2.29. The van der Waals surface area contributed by atoms with Crippen molar-refractivity contribution in [3.63, 3.8) is 0 Å². The van der Waals surface area contributed by atoms with Crippen LogP contribution in [0.2, 0.25) is 0 Å². The topological polar surface area (TPSA) is 28.4 Å². The average molecular weight is 264 g/mol. The third-order valence-corrected chi connectivity index (χ3v) is 3.58. The smallest absolute Gasteiger partial charge is 0.117 e. The highest BCUT2D eigenvalue weighted by molar-refractivity contribution is 7.07. The summed E-state index contributed by atoms with van der Waals surface area (Å²) in [5.74, 6) is 1.02. The summed E-state index contributed by atoms with van der Waals surface area (Å²) in [6.07, 6.45) is 2.84. The first-order valence-corrected chi connectivity index (χ1v) is 7.21. The van der Waals surface area contributed by atoms with Gasteiger partial charge in [0.1, 0.15) is 5.76 Å². The molecule has 0 atom stereocenters. The van der Waals surface area contributed by atoms with Gasteiger partial charge in [-0.1, -0.05) is 0 Å². The van der Waals surface area contributed by atoms with E-state index in [1.807, 2.05) is 12.1 Å². The maximum Gasteiger partial charge on any atom is 0.117 e. The lowest BCUT2D eigenvalue weighted by molar-refractivity contribution is 0.294. The number of rotatable bonds is 8. The molecule has 2 aromatic rings.